The van der Waals surface area contributed by atoms with Gasteiger partial charge in [-0.05, 0) is 78.9 Å². The van der Waals surface area contributed by atoms with Crippen LogP contribution in [0.15, 0.2) is 83.7 Å². The molecule has 4 aromatic rings. The fourth-order valence-corrected chi connectivity index (χ4v) is 5.81. The summed E-state index contributed by atoms with van der Waals surface area (Å²) in [6.45, 7) is 8.75. The lowest BCUT2D eigenvalue weighted by Crippen LogP contribution is -2.28. The molecule has 46 heavy (non-hydrogen) atoms. The predicted molar refractivity (Wildman–Crippen MR) is 175 cm³/mol. The number of rotatable bonds is 8. The van der Waals surface area contributed by atoms with Crippen molar-refractivity contribution in [3.63, 3.8) is 0 Å². The maximum atomic E-state index is 13.0. The van der Waals surface area contributed by atoms with E-state index in [1.54, 1.807) is 18.9 Å². The summed E-state index contributed by atoms with van der Waals surface area (Å²) in [6.07, 6.45) is -3.27. The van der Waals surface area contributed by atoms with Gasteiger partial charge in [-0.25, -0.2) is 14.5 Å². The number of thioether (sulfide) groups is 1. The van der Waals surface area contributed by atoms with Gasteiger partial charge in [0, 0.05) is 29.2 Å². The minimum atomic E-state index is -4.76. The van der Waals surface area contributed by atoms with E-state index in [4.69, 9.17) is 4.74 Å². The average molecular weight is 651 g/mol. The Hall–Kier alpha value is -4.78. The number of ether oxygens (including phenoxy) is 2. The Morgan fingerprint density at radius 3 is 2.37 bits per heavy atom. The lowest BCUT2D eigenvalue weighted by molar-refractivity contribution is -0.274. The van der Waals surface area contributed by atoms with Crippen LogP contribution in [0.5, 0.6) is 11.5 Å². The van der Waals surface area contributed by atoms with E-state index in [0.717, 1.165) is 46.0 Å². The third-order valence-corrected chi connectivity index (χ3v) is 8.34. The molecule has 2 heterocycles. The van der Waals surface area contributed by atoms with E-state index in [-0.39, 0.29) is 11.7 Å². The first-order valence-corrected chi connectivity index (χ1v) is 15.4. The Labute approximate surface area is 269 Å². The molecule has 1 saturated heterocycles. The summed E-state index contributed by atoms with van der Waals surface area (Å²) in [4.78, 5) is 23.8. The summed E-state index contributed by atoms with van der Waals surface area (Å²) in [6, 6.07) is 18.4. The summed E-state index contributed by atoms with van der Waals surface area (Å²) in [5.74, 6) is 2.01. The van der Waals surface area contributed by atoms with E-state index >= 15 is 0 Å². The summed E-state index contributed by atoms with van der Waals surface area (Å²) in [5, 5.41) is 8.01. The quantitative estimate of drug-likeness (QED) is 0.206. The predicted octanol–water partition coefficient (Wildman–Crippen LogP) is 8.03. The molecule has 9 nitrogen and oxygen atoms in total. The summed E-state index contributed by atoms with van der Waals surface area (Å²) in [5.41, 5.74) is 5.85. The van der Waals surface area contributed by atoms with Crippen molar-refractivity contribution in [1.82, 2.24) is 20.1 Å². The van der Waals surface area contributed by atoms with Crippen molar-refractivity contribution in [1.29, 1.82) is 0 Å². The minimum absolute atomic E-state index is 0.263. The van der Waals surface area contributed by atoms with Crippen LogP contribution < -0.4 is 19.7 Å². The second-order valence-electron chi connectivity index (χ2n) is 10.8. The molecule has 1 fully saturated rings. The molecule has 1 aliphatic rings. The van der Waals surface area contributed by atoms with Crippen LogP contribution in [0.2, 0.25) is 0 Å². The maximum Gasteiger partial charge on any atom is 0.573 e. The monoisotopic (exact) mass is 650 g/mol. The van der Waals surface area contributed by atoms with Crippen LogP contribution in [0, 0.1) is 0 Å². The van der Waals surface area contributed by atoms with Crippen LogP contribution in [-0.4, -0.2) is 51.7 Å². The third kappa shape index (κ3) is 7.71. The van der Waals surface area contributed by atoms with Gasteiger partial charge in [0.15, 0.2) is 11.0 Å². The highest BCUT2D eigenvalue weighted by molar-refractivity contribution is 8.14. The zero-order chi connectivity index (χ0) is 33.0. The Morgan fingerprint density at radius 1 is 1.02 bits per heavy atom. The minimum Gasteiger partial charge on any atom is -0.497 e. The number of amidine groups is 1. The first-order valence-electron chi connectivity index (χ1n) is 14.5. The van der Waals surface area contributed by atoms with Gasteiger partial charge in [0.25, 0.3) is 0 Å². The number of amides is 2. The van der Waals surface area contributed by atoms with Gasteiger partial charge in [0.2, 0.25) is 0 Å². The van der Waals surface area contributed by atoms with Crippen LogP contribution >= 0.6 is 11.8 Å². The first-order chi connectivity index (χ1) is 21.9. The van der Waals surface area contributed by atoms with Gasteiger partial charge in [0.05, 0.1) is 12.8 Å². The molecule has 0 unspecified atom stereocenters. The summed E-state index contributed by atoms with van der Waals surface area (Å²) < 4.78 is 48.1. The fourth-order valence-electron chi connectivity index (χ4n) is 4.86. The highest BCUT2D eigenvalue weighted by Gasteiger charge is 2.31. The molecule has 0 atom stereocenters. The van der Waals surface area contributed by atoms with Gasteiger partial charge in [-0.2, -0.15) is 4.99 Å². The number of alkyl halides is 3. The molecule has 3 aromatic carbocycles. The third-order valence-electron chi connectivity index (χ3n) is 7.38. The molecule has 1 N–H and O–H groups in total. The first kappa shape index (κ1) is 32.6. The van der Waals surface area contributed by atoms with Crippen LogP contribution in [0.4, 0.5) is 23.7 Å². The van der Waals surface area contributed by atoms with Crippen molar-refractivity contribution in [3.05, 3.63) is 89.9 Å². The SMILES string of the molecule is COc1ccc(N2CCSC2=NC(=O)N/C(C)=C(\C)c2ccc(-c3ncn(-c4ccc(OC(F)(F)F)cc4)n3)cc2)c(C(C)C)c1. The van der Waals surface area contributed by atoms with Gasteiger partial charge in [-0.1, -0.05) is 49.9 Å². The molecule has 13 heteroatoms. The number of halogens is 3. The zero-order valence-corrected chi connectivity index (χ0v) is 26.7. The number of methoxy groups -OCH3 is 1. The molecule has 0 aliphatic carbocycles. The van der Waals surface area contributed by atoms with Crippen molar-refractivity contribution in [2.24, 2.45) is 4.99 Å². The standard InChI is InChI=1S/C33H33F3N6O3S/c1-20(2)28-18-27(44-5)14-15-29(28)41-16-17-46-32(41)39-31(43)38-22(4)21(3)23-6-8-24(9-7-23)30-37-19-42(40-30)25-10-12-26(13-11-25)45-33(34,35)36/h6-15,18-20H,16-17H2,1-5H3,(H,38,43)/b22-21+,39-32?. The van der Waals surface area contributed by atoms with E-state index in [9.17, 15) is 18.0 Å². The maximum absolute atomic E-state index is 13.0. The number of hydrogen-bond acceptors (Lipinski definition) is 6. The number of carbonyl (C=O) groups is 1. The van der Waals surface area contributed by atoms with Crippen LogP contribution in [0.1, 0.15) is 44.7 Å². The number of benzene rings is 3. The molecule has 2 amide bonds. The smallest absolute Gasteiger partial charge is 0.497 e. The molecule has 1 aromatic heterocycles. The second kappa shape index (κ2) is 13.7. The zero-order valence-electron chi connectivity index (χ0n) is 25.9. The summed E-state index contributed by atoms with van der Waals surface area (Å²) in [7, 11) is 1.65. The number of allylic oxidation sites excluding steroid dienone is 2. The second-order valence-corrected chi connectivity index (χ2v) is 11.8. The molecule has 0 spiro atoms. The van der Waals surface area contributed by atoms with E-state index < -0.39 is 12.4 Å². The van der Waals surface area contributed by atoms with Crippen molar-refractivity contribution in [3.8, 4) is 28.6 Å². The molecule has 1 aliphatic heterocycles. The highest BCUT2D eigenvalue weighted by atomic mass is 32.2. The Kier molecular flexibility index (Phi) is 9.71. The Balaban J connectivity index is 1.26. The fraction of sp³-hybridized carbons (Fsp3) is 0.273. The van der Waals surface area contributed by atoms with Crippen molar-refractivity contribution in [2.75, 3.05) is 24.3 Å². The number of urea groups is 1. The van der Waals surface area contributed by atoms with Gasteiger partial charge >= 0.3 is 12.4 Å². The van der Waals surface area contributed by atoms with Crippen molar-refractivity contribution in [2.45, 2.75) is 40.0 Å². The molecular formula is C33H33F3N6O3S. The van der Waals surface area contributed by atoms with E-state index in [1.807, 2.05) is 56.3 Å². The van der Waals surface area contributed by atoms with Crippen molar-refractivity contribution < 1.29 is 27.4 Å². The number of hydrogen-bond donors (Lipinski definition) is 1. The molecule has 5 rings (SSSR count). The molecule has 0 saturated carbocycles. The van der Waals surface area contributed by atoms with Crippen LogP contribution in [-0.2, 0) is 0 Å². The lowest BCUT2D eigenvalue weighted by atomic mass is 10.00. The topological polar surface area (TPSA) is 93.9 Å². The van der Waals surface area contributed by atoms with Gasteiger partial charge in [-0.3, -0.25) is 0 Å². The Bertz CT molecular complexity index is 1770. The number of aromatic nitrogens is 3. The normalized spacial score (nSPS) is 14.9. The average Bonchev–Trinajstić information content (AvgIpc) is 3.70. The summed E-state index contributed by atoms with van der Waals surface area (Å²) >= 11 is 1.55. The van der Waals surface area contributed by atoms with Crippen LogP contribution in [0.3, 0.4) is 0 Å². The van der Waals surface area contributed by atoms with Gasteiger partial charge in [-0.15, -0.1) is 18.3 Å². The number of aliphatic imine (C=N–C) groups is 1. The van der Waals surface area contributed by atoms with Crippen molar-refractivity contribution >= 4 is 34.2 Å². The van der Waals surface area contributed by atoms with E-state index in [2.05, 4.69) is 43.9 Å². The molecule has 240 valence electrons. The molecule has 0 bridgehead atoms. The number of nitrogens with one attached hydrogen (secondary N) is 1. The number of carbonyl (C=O) groups excluding carboxylic acids is 1. The molecule has 0 radical (unpaired) electrons. The largest absolute Gasteiger partial charge is 0.573 e. The van der Waals surface area contributed by atoms with E-state index in [1.165, 1.54) is 35.3 Å². The van der Waals surface area contributed by atoms with Gasteiger partial charge in [0.1, 0.15) is 17.8 Å². The lowest BCUT2D eigenvalue weighted by Gasteiger charge is -2.23. The number of nitrogens with zero attached hydrogens (tertiary/aromatic N) is 5. The highest BCUT2D eigenvalue weighted by Crippen LogP contribution is 2.35. The van der Waals surface area contributed by atoms with E-state index in [0.29, 0.717) is 22.4 Å². The number of anilines is 1. The Morgan fingerprint density at radius 2 is 1.72 bits per heavy atom. The molecular weight excluding hydrogens is 617 g/mol. The van der Waals surface area contributed by atoms with Gasteiger partial charge < -0.3 is 19.7 Å². The van der Waals surface area contributed by atoms with Crippen LogP contribution in [0.25, 0.3) is 22.6 Å².